The number of aliphatic carboxylic acids is 1. The van der Waals surface area contributed by atoms with Gasteiger partial charge in [0.25, 0.3) is 0 Å². The van der Waals surface area contributed by atoms with E-state index >= 15 is 0 Å². The first kappa shape index (κ1) is 18.2. The molecule has 0 aliphatic carbocycles. The molecule has 1 aliphatic rings. The van der Waals surface area contributed by atoms with Crippen LogP contribution in [0.2, 0.25) is 0 Å². The maximum Gasteiger partial charge on any atom is 0.320 e. The number of hydrogen-bond donors (Lipinski definition) is 1. The van der Waals surface area contributed by atoms with Gasteiger partial charge in [-0.25, -0.2) is 0 Å². The molecule has 2 aromatic rings. The number of carbonyl (C=O) groups is 1. The van der Waals surface area contributed by atoms with E-state index in [9.17, 15) is 9.90 Å². The van der Waals surface area contributed by atoms with Crippen molar-refractivity contribution in [2.75, 3.05) is 6.54 Å². The Morgan fingerprint density at radius 2 is 1.88 bits per heavy atom. The molecule has 25 heavy (non-hydrogen) atoms. The topological polar surface area (TPSA) is 40.5 Å². The minimum atomic E-state index is -0.716. The Morgan fingerprint density at radius 1 is 1.16 bits per heavy atom. The van der Waals surface area contributed by atoms with E-state index < -0.39 is 12.0 Å². The fourth-order valence-corrected chi connectivity index (χ4v) is 4.04. The third kappa shape index (κ3) is 3.96. The fraction of sp³-hybridized carbons (Fsp3) is 0.381. The quantitative estimate of drug-likeness (QED) is 0.774. The van der Waals surface area contributed by atoms with Gasteiger partial charge in [-0.05, 0) is 62.1 Å². The van der Waals surface area contributed by atoms with Gasteiger partial charge in [0.15, 0.2) is 0 Å². The van der Waals surface area contributed by atoms with E-state index in [4.69, 9.17) is 0 Å². The smallest absolute Gasteiger partial charge is 0.320 e. The van der Waals surface area contributed by atoms with Crippen molar-refractivity contribution in [1.29, 1.82) is 0 Å². The maximum atomic E-state index is 11.9. The van der Waals surface area contributed by atoms with Crippen LogP contribution in [0.1, 0.15) is 47.6 Å². The molecule has 132 valence electrons. The molecule has 1 heterocycles. The molecule has 1 aliphatic heterocycles. The summed E-state index contributed by atoms with van der Waals surface area (Å²) in [5.41, 5.74) is 4.75. The Kier molecular flexibility index (Phi) is 5.60. The molecule has 3 rings (SSSR count). The molecule has 0 amide bonds. The van der Waals surface area contributed by atoms with Crippen molar-refractivity contribution in [3.05, 3.63) is 69.2 Å². The first-order valence-corrected chi connectivity index (χ1v) is 9.58. The first-order valence-electron chi connectivity index (χ1n) is 8.78. The third-order valence-electron chi connectivity index (χ3n) is 5.08. The average Bonchev–Trinajstić information content (AvgIpc) is 2.60. The fourth-order valence-electron chi connectivity index (χ4n) is 3.78. The molecule has 2 aromatic carbocycles. The number of rotatable bonds is 4. The largest absolute Gasteiger partial charge is 0.480 e. The van der Waals surface area contributed by atoms with Gasteiger partial charge in [-0.1, -0.05) is 58.2 Å². The summed E-state index contributed by atoms with van der Waals surface area (Å²) in [6.07, 6.45) is 2.74. The summed E-state index contributed by atoms with van der Waals surface area (Å²) in [6, 6.07) is 14.3. The lowest BCUT2D eigenvalue weighted by Gasteiger charge is -2.40. The molecule has 3 nitrogen and oxygen atoms in total. The maximum absolute atomic E-state index is 11.9. The standard InChI is InChI=1S/C21H24BrNO2/c1-14-6-7-15(2)18(13-14)20(16-8-10-17(22)11-9-16)23-12-4-3-5-19(23)21(24)25/h6-11,13,19-20H,3-5,12H2,1-2H3,(H,24,25). The highest BCUT2D eigenvalue weighted by molar-refractivity contribution is 9.10. The van der Waals surface area contributed by atoms with E-state index in [0.29, 0.717) is 6.42 Å². The molecule has 0 bridgehead atoms. The van der Waals surface area contributed by atoms with Gasteiger partial charge in [0.2, 0.25) is 0 Å². The monoisotopic (exact) mass is 401 g/mol. The Hall–Kier alpha value is -1.65. The number of halogens is 1. The second kappa shape index (κ2) is 7.71. The van der Waals surface area contributed by atoms with Crippen molar-refractivity contribution < 1.29 is 9.90 Å². The zero-order valence-electron chi connectivity index (χ0n) is 14.7. The van der Waals surface area contributed by atoms with E-state index in [0.717, 1.165) is 29.4 Å². The zero-order chi connectivity index (χ0) is 18.0. The van der Waals surface area contributed by atoms with E-state index in [1.807, 2.05) is 12.1 Å². The number of hydrogen-bond acceptors (Lipinski definition) is 2. The lowest BCUT2D eigenvalue weighted by atomic mass is 9.89. The van der Waals surface area contributed by atoms with Gasteiger partial charge in [-0.15, -0.1) is 0 Å². The summed E-state index contributed by atoms with van der Waals surface area (Å²) in [6.45, 7) is 5.01. The predicted molar refractivity (Wildman–Crippen MR) is 104 cm³/mol. The van der Waals surface area contributed by atoms with Gasteiger partial charge < -0.3 is 5.11 Å². The van der Waals surface area contributed by atoms with E-state index in [1.165, 1.54) is 16.7 Å². The van der Waals surface area contributed by atoms with Crippen LogP contribution in [0, 0.1) is 13.8 Å². The van der Waals surface area contributed by atoms with Gasteiger partial charge in [0.1, 0.15) is 6.04 Å². The summed E-state index contributed by atoms with van der Waals surface area (Å²) >= 11 is 3.50. The van der Waals surface area contributed by atoms with E-state index in [1.54, 1.807) is 0 Å². The van der Waals surface area contributed by atoms with Gasteiger partial charge >= 0.3 is 5.97 Å². The van der Waals surface area contributed by atoms with Gasteiger partial charge in [-0.3, -0.25) is 9.69 Å². The minimum absolute atomic E-state index is 0.0330. The van der Waals surface area contributed by atoms with Crippen LogP contribution >= 0.6 is 15.9 Å². The van der Waals surface area contributed by atoms with Crippen molar-refractivity contribution in [2.24, 2.45) is 0 Å². The molecule has 0 saturated carbocycles. The molecule has 1 saturated heterocycles. The Bertz CT molecular complexity index is 757. The molecular weight excluding hydrogens is 378 g/mol. The normalized spacial score (nSPS) is 19.6. The molecule has 0 spiro atoms. The van der Waals surface area contributed by atoms with Crippen molar-refractivity contribution in [1.82, 2.24) is 4.90 Å². The number of piperidine rings is 1. The molecule has 2 atom stereocenters. The van der Waals surface area contributed by atoms with Crippen LogP contribution in [0.3, 0.4) is 0 Å². The second-order valence-electron chi connectivity index (χ2n) is 6.90. The zero-order valence-corrected chi connectivity index (χ0v) is 16.3. The second-order valence-corrected chi connectivity index (χ2v) is 7.82. The SMILES string of the molecule is Cc1ccc(C)c(C(c2ccc(Br)cc2)N2CCCCC2C(=O)O)c1. The lowest BCUT2D eigenvalue weighted by molar-refractivity contribution is -0.145. The highest BCUT2D eigenvalue weighted by atomic mass is 79.9. The number of benzene rings is 2. The summed E-state index contributed by atoms with van der Waals surface area (Å²) in [5, 5.41) is 9.77. The van der Waals surface area contributed by atoms with Crippen molar-refractivity contribution >= 4 is 21.9 Å². The van der Waals surface area contributed by atoms with Crippen LogP contribution in [-0.4, -0.2) is 28.6 Å². The number of carboxylic acid groups (broad SMARTS) is 1. The lowest BCUT2D eigenvalue weighted by Crippen LogP contribution is -2.47. The van der Waals surface area contributed by atoms with E-state index in [-0.39, 0.29) is 6.04 Å². The first-order chi connectivity index (χ1) is 12.0. The van der Waals surface area contributed by atoms with Crippen LogP contribution in [0.15, 0.2) is 46.9 Å². The molecule has 4 heteroatoms. The minimum Gasteiger partial charge on any atom is -0.480 e. The van der Waals surface area contributed by atoms with Crippen molar-refractivity contribution in [2.45, 2.75) is 45.2 Å². The van der Waals surface area contributed by atoms with Gasteiger partial charge in [0, 0.05) is 4.47 Å². The molecule has 1 N–H and O–H groups in total. The van der Waals surface area contributed by atoms with Crippen LogP contribution < -0.4 is 0 Å². The summed E-state index contributed by atoms with van der Waals surface area (Å²) in [7, 11) is 0. The van der Waals surface area contributed by atoms with E-state index in [2.05, 4.69) is 65.0 Å². The molecule has 2 unspecified atom stereocenters. The Morgan fingerprint density at radius 3 is 2.56 bits per heavy atom. The summed E-state index contributed by atoms with van der Waals surface area (Å²) in [5.74, 6) is -0.716. The van der Waals surface area contributed by atoms with Crippen LogP contribution in [0.25, 0.3) is 0 Å². The van der Waals surface area contributed by atoms with Crippen LogP contribution in [-0.2, 0) is 4.79 Å². The number of likely N-dealkylation sites (tertiary alicyclic amines) is 1. The van der Waals surface area contributed by atoms with Crippen LogP contribution in [0.4, 0.5) is 0 Å². The number of aryl methyl sites for hydroxylation is 2. The summed E-state index contributed by atoms with van der Waals surface area (Å²) < 4.78 is 1.03. The molecule has 0 aromatic heterocycles. The van der Waals surface area contributed by atoms with Crippen molar-refractivity contribution in [3.8, 4) is 0 Å². The Balaban J connectivity index is 2.12. The van der Waals surface area contributed by atoms with Gasteiger partial charge in [-0.2, -0.15) is 0 Å². The molecular formula is C21H24BrNO2. The predicted octanol–water partition coefficient (Wildman–Crippen LogP) is 5.09. The highest BCUT2D eigenvalue weighted by Crippen LogP contribution is 2.36. The number of nitrogens with zero attached hydrogens (tertiary/aromatic N) is 1. The molecule has 0 radical (unpaired) electrons. The highest BCUT2D eigenvalue weighted by Gasteiger charge is 2.35. The number of carboxylic acids is 1. The summed E-state index contributed by atoms with van der Waals surface area (Å²) in [4.78, 5) is 14.1. The van der Waals surface area contributed by atoms with Crippen LogP contribution in [0.5, 0.6) is 0 Å². The van der Waals surface area contributed by atoms with Crippen molar-refractivity contribution in [3.63, 3.8) is 0 Å². The third-order valence-corrected chi connectivity index (χ3v) is 5.60. The van der Waals surface area contributed by atoms with Gasteiger partial charge in [0.05, 0.1) is 6.04 Å². The average molecular weight is 402 g/mol. The Labute approximate surface area is 157 Å². The molecule has 1 fully saturated rings.